The van der Waals surface area contributed by atoms with Gasteiger partial charge < -0.3 is 5.21 Å². The summed E-state index contributed by atoms with van der Waals surface area (Å²) < 4.78 is 13.6. The highest BCUT2D eigenvalue weighted by molar-refractivity contribution is 14.1. The van der Waals surface area contributed by atoms with E-state index >= 15 is 0 Å². The van der Waals surface area contributed by atoms with Crippen molar-refractivity contribution in [2.45, 2.75) is 0 Å². The van der Waals surface area contributed by atoms with Crippen molar-refractivity contribution < 1.29 is 9.60 Å². The second-order valence-electron chi connectivity index (χ2n) is 1.88. The predicted octanol–water partition coefficient (Wildman–Crippen LogP) is 2.24. The minimum Gasteiger partial charge on any atom is -0.411 e. The molecule has 1 aromatic rings. The Hall–Kier alpha value is -0.650. The molecule has 0 bridgehead atoms. The highest BCUT2D eigenvalue weighted by Gasteiger charge is 2.02. The van der Waals surface area contributed by atoms with Crippen LogP contribution in [0.1, 0.15) is 5.56 Å². The minimum atomic E-state index is -0.380. The average molecular weight is 265 g/mol. The molecular weight excluding hydrogens is 260 g/mol. The molecule has 4 heteroatoms. The van der Waals surface area contributed by atoms with E-state index < -0.39 is 0 Å². The van der Waals surface area contributed by atoms with Gasteiger partial charge in [0.25, 0.3) is 0 Å². The summed E-state index contributed by atoms with van der Waals surface area (Å²) in [6.07, 6.45) is 1.08. The zero-order chi connectivity index (χ0) is 8.27. The molecule has 0 aliphatic carbocycles. The monoisotopic (exact) mass is 265 g/mol. The molecule has 0 aliphatic rings. The minimum absolute atomic E-state index is 0.315. The van der Waals surface area contributed by atoms with Crippen LogP contribution >= 0.6 is 22.6 Å². The van der Waals surface area contributed by atoms with Crippen molar-refractivity contribution in [2.24, 2.45) is 5.16 Å². The summed E-state index contributed by atoms with van der Waals surface area (Å²) in [5, 5.41) is 10.9. The van der Waals surface area contributed by atoms with Crippen LogP contribution in [0.3, 0.4) is 0 Å². The third-order valence-corrected chi connectivity index (χ3v) is 2.13. The summed E-state index contributed by atoms with van der Waals surface area (Å²) in [4.78, 5) is 0. The van der Waals surface area contributed by atoms with Crippen LogP contribution in [0.5, 0.6) is 0 Å². The van der Waals surface area contributed by atoms with Gasteiger partial charge in [-0.2, -0.15) is 0 Å². The molecule has 1 aromatic carbocycles. The summed E-state index contributed by atoms with van der Waals surface area (Å²) in [5.74, 6) is -0.380. The molecule has 0 saturated carbocycles. The Bertz CT molecular complexity index is 268. The van der Waals surface area contributed by atoms with Crippen molar-refractivity contribution in [3.63, 3.8) is 0 Å². The number of hydrogen-bond donors (Lipinski definition) is 1. The Morgan fingerprint density at radius 2 is 2.27 bits per heavy atom. The average Bonchev–Trinajstić information content (AvgIpc) is 1.97. The van der Waals surface area contributed by atoms with E-state index in [-0.39, 0.29) is 5.82 Å². The van der Waals surface area contributed by atoms with E-state index in [1.165, 1.54) is 6.07 Å². The van der Waals surface area contributed by atoms with E-state index in [1.54, 1.807) is 12.1 Å². The number of halogens is 2. The third-order valence-electron chi connectivity index (χ3n) is 1.19. The van der Waals surface area contributed by atoms with Crippen LogP contribution < -0.4 is 0 Å². The molecule has 0 heterocycles. The molecule has 1 rings (SSSR count). The Labute approximate surface area is 76.9 Å². The van der Waals surface area contributed by atoms with Crippen molar-refractivity contribution in [1.29, 1.82) is 0 Å². The van der Waals surface area contributed by atoms with Crippen LogP contribution in [-0.2, 0) is 0 Å². The molecule has 0 aromatic heterocycles. The van der Waals surface area contributed by atoms with Gasteiger partial charge in [-0.25, -0.2) is 4.39 Å². The van der Waals surface area contributed by atoms with E-state index in [9.17, 15) is 4.39 Å². The third kappa shape index (κ3) is 1.89. The number of oxime groups is 1. The molecule has 11 heavy (non-hydrogen) atoms. The van der Waals surface area contributed by atoms with Gasteiger partial charge in [0.2, 0.25) is 0 Å². The van der Waals surface area contributed by atoms with Crippen LogP contribution in [0, 0.1) is 9.39 Å². The predicted molar refractivity (Wildman–Crippen MR) is 48.5 cm³/mol. The number of benzene rings is 1. The van der Waals surface area contributed by atoms with Gasteiger partial charge in [-0.05, 0) is 34.7 Å². The first-order valence-electron chi connectivity index (χ1n) is 2.87. The number of nitrogens with zero attached hydrogens (tertiary/aromatic N) is 1. The lowest BCUT2D eigenvalue weighted by Crippen LogP contribution is -1.91. The Morgan fingerprint density at radius 3 is 2.82 bits per heavy atom. The fourth-order valence-corrected chi connectivity index (χ4v) is 1.30. The van der Waals surface area contributed by atoms with E-state index in [2.05, 4.69) is 5.16 Å². The molecule has 1 N–H and O–H groups in total. The van der Waals surface area contributed by atoms with Crippen LogP contribution in [0.25, 0.3) is 0 Å². The highest BCUT2D eigenvalue weighted by Crippen LogP contribution is 2.13. The smallest absolute Gasteiger partial charge is 0.133 e. The molecular formula is C7H5FINO. The van der Waals surface area contributed by atoms with Crippen molar-refractivity contribution in [1.82, 2.24) is 0 Å². The van der Waals surface area contributed by atoms with E-state index in [4.69, 9.17) is 5.21 Å². The molecule has 58 valence electrons. The first-order valence-corrected chi connectivity index (χ1v) is 3.95. The van der Waals surface area contributed by atoms with Crippen molar-refractivity contribution in [2.75, 3.05) is 0 Å². The molecule has 0 amide bonds. The maximum absolute atomic E-state index is 12.8. The summed E-state index contributed by atoms with van der Waals surface area (Å²) in [7, 11) is 0. The van der Waals surface area contributed by atoms with Crippen molar-refractivity contribution in [3.8, 4) is 0 Å². The Kier molecular flexibility index (Phi) is 2.81. The van der Waals surface area contributed by atoms with Crippen molar-refractivity contribution in [3.05, 3.63) is 33.1 Å². The van der Waals surface area contributed by atoms with E-state index in [1.807, 2.05) is 22.6 Å². The van der Waals surface area contributed by atoms with Crippen molar-refractivity contribution >= 4 is 28.8 Å². The lowest BCUT2D eigenvalue weighted by Gasteiger charge is -1.96. The standard InChI is InChI=1S/C7H5FINO/c8-6-2-1-3-7(9)5(6)4-10-11/h1-4,11H/b10-4+. The molecule has 2 nitrogen and oxygen atoms in total. The van der Waals surface area contributed by atoms with Gasteiger partial charge in [0.15, 0.2) is 0 Å². The summed E-state index contributed by atoms with van der Waals surface area (Å²) >= 11 is 1.97. The van der Waals surface area contributed by atoms with Gasteiger partial charge in [0.05, 0.1) is 6.21 Å². The molecule has 0 spiro atoms. The zero-order valence-electron chi connectivity index (χ0n) is 5.46. The van der Waals surface area contributed by atoms with Crippen LogP contribution in [0.4, 0.5) is 4.39 Å². The van der Waals surface area contributed by atoms with E-state index in [0.29, 0.717) is 5.56 Å². The maximum atomic E-state index is 12.8. The van der Waals surface area contributed by atoms with Crippen LogP contribution in [0.15, 0.2) is 23.4 Å². The molecule has 0 atom stereocenters. The first kappa shape index (κ1) is 8.45. The van der Waals surface area contributed by atoms with Gasteiger partial charge in [-0.1, -0.05) is 11.2 Å². The summed E-state index contributed by atoms with van der Waals surface area (Å²) in [6, 6.07) is 4.66. The SMILES string of the molecule is O/N=C/c1c(F)cccc1I. The topological polar surface area (TPSA) is 32.6 Å². The van der Waals surface area contributed by atoms with Gasteiger partial charge >= 0.3 is 0 Å². The maximum Gasteiger partial charge on any atom is 0.133 e. The number of rotatable bonds is 1. The molecule has 0 fully saturated rings. The molecule has 0 aliphatic heterocycles. The molecule has 0 unspecified atom stereocenters. The lowest BCUT2D eigenvalue weighted by molar-refractivity contribution is 0.321. The molecule has 0 radical (unpaired) electrons. The van der Waals surface area contributed by atoms with Gasteiger partial charge in [-0.3, -0.25) is 0 Å². The molecule has 0 saturated heterocycles. The van der Waals surface area contributed by atoms with Gasteiger partial charge in [0.1, 0.15) is 5.82 Å². The highest BCUT2D eigenvalue weighted by atomic mass is 127. The van der Waals surface area contributed by atoms with Gasteiger partial charge in [-0.15, -0.1) is 0 Å². The van der Waals surface area contributed by atoms with E-state index in [0.717, 1.165) is 9.78 Å². The fraction of sp³-hybridized carbons (Fsp3) is 0. The normalized spacial score (nSPS) is 10.7. The quantitative estimate of drug-likeness (QED) is 0.359. The van der Waals surface area contributed by atoms with Crippen LogP contribution in [-0.4, -0.2) is 11.4 Å². The van der Waals surface area contributed by atoms with Gasteiger partial charge in [0, 0.05) is 9.13 Å². The zero-order valence-corrected chi connectivity index (χ0v) is 7.62. The fourth-order valence-electron chi connectivity index (χ4n) is 0.692. The Balaban J connectivity index is 3.20. The largest absolute Gasteiger partial charge is 0.411 e. The van der Waals surface area contributed by atoms with Crippen LogP contribution in [0.2, 0.25) is 0 Å². The summed E-state index contributed by atoms with van der Waals surface area (Å²) in [5.41, 5.74) is 0.315. The Morgan fingerprint density at radius 1 is 1.55 bits per heavy atom. The number of hydrogen-bond acceptors (Lipinski definition) is 2. The second kappa shape index (κ2) is 3.66. The first-order chi connectivity index (χ1) is 5.25. The summed E-state index contributed by atoms with van der Waals surface area (Å²) in [6.45, 7) is 0. The lowest BCUT2D eigenvalue weighted by atomic mass is 10.2. The second-order valence-corrected chi connectivity index (χ2v) is 3.04.